The number of nitrogens with zero attached hydrogens (tertiary/aromatic N) is 1. The lowest BCUT2D eigenvalue weighted by molar-refractivity contribution is -0.158. The molecule has 3 bridgehead atoms. The Morgan fingerprint density at radius 1 is 1.17 bits per heavy atom. The lowest BCUT2D eigenvalue weighted by Crippen LogP contribution is -2.59. The first kappa shape index (κ1) is 20.5. The highest BCUT2D eigenvalue weighted by atomic mass is 19.1. The van der Waals surface area contributed by atoms with Crippen LogP contribution in [0.2, 0.25) is 0 Å². The lowest BCUT2D eigenvalue weighted by Gasteiger charge is -2.64. The van der Waals surface area contributed by atoms with Crippen molar-refractivity contribution in [2.75, 3.05) is 26.8 Å². The summed E-state index contributed by atoms with van der Waals surface area (Å²) in [5.41, 5.74) is 1.66. The maximum Gasteiger partial charge on any atom is 0.225 e. The maximum absolute atomic E-state index is 13.9. The molecule has 30 heavy (non-hydrogen) atoms. The summed E-state index contributed by atoms with van der Waals surface area (Å²) in [5, 5.41) is 3.41. The summed E-state index contributed by atoms with van der Waals surface area (Å²) in [4.78, 5) is 15.8. The third-order valence-electron chi connectivity index (χ3n) is 9.36. The van der Waals surface area contributed by atoms with Gasteiger partial charge in [-0.15, -0.1) is 0 Å². The molecule has 1 aromatic rings. The van der Waals surface area contributed by atoms with Gasteiger partial charge in [0.2, 0.25) is 5.91 Å². The van der Waals surface area contributed by atoms with Crippen LogP contribution >= 0.6 is 0 Å². The van der Waals surface area contributed by atoms with Gasteiger partial charge < -0.3 is 10.2 Å². The van der Waals surface area contributed by atoms with E-state index in [1.165, 1.54) is 12.0 Å². The molecule has 0 spiro atoms. The van der Waals surface area contributed by atoms with E-state index in [1.54, 1.807) is 0 Å². The van der Waals surface area contributed by atoms with Crippen LogP contribution in [0.4, 0.5) is 4.39 Å². The van der Waals surface area contributed by atoms with Crippen molar-refractivity contribution in [3.63, 3.8) is 0 Å². The highest BCUT2D eigenvalue weighted by Gasteiger charge is 2.61. The summed E-state index contributed by atoms with van der Waals surface area (Å²) in [6.45, 7) is 1.76. The number of hydrogen-bond acceptors (Lipinski definition) is 2. The molecule has 5 rings (SSSR count). The number of hydrogen-bond donors (Lipinski definition) is 1. The molecule has 1 N–H and O–H groups in total. The van der Waals surface area contributed by atoms with Crippen LogP contribution in [0.3, 0.4) is 0 Å². The number of amides is 1. The van der Waals surface area contributed by atoms with Crippen LogP contribution in [-0.4, -0.2) is 43.7 Å². The summed E-state index contributed by atoms with van der Waals surface area (Å²) >= 11 is 0. The van der Waals surface area contributed by atoms with Crippen LogP contribution in [0, 0.1) is 23.2 Å². The van der Waals surface area contributed by atoms with Gasteiger partial charge in [0.1, 0.15) is 0 Å². The average molecular weight is 413 g/mol. The van der Waals surface area contributed by atoms with Crippen LogP contribution in [0.1, 0.15) is 63.4 Å². The van der Waals surface area contributed by atoms with Gasteiger partial charge in [0.25, 0.3) is 0 Å². The van der Waals surface area contributed by atoms with Gasteiger partial charge in [-0.25, -0.2) is 0 Å². The van der Waals surface area contributed by atoms with Crippen LogP contribution in [0.5, 0.6) is 0 Å². The molecule has 3 saturated carbocycles. The van der Waals surface area contributed by atoms with Crippen LogP contribution in [0.15, 0.2) is 30.3 Å². The van der Waals surface area contributed by atoms with Gasteiger partial charge in [-0.1, -0.05) is 30.3 Å². The van der Waals surface area contributed by atoms with Gasteiger partial charge >= 0.3 is 0 Å². The number of piperidine rings is 1. The van der Waals surface area contributed by atoms with E-state index in [-0.39, 0.29) is 23.4 Å². The number of alkyl halides is 1. The largest absolute Gasteiger partial charge is 0.342 e. The number of benzene rings is 1. The number of rotatable bonds is 5. The Balaban J connectivity index is 1.44. The molecule has 5 atom stereocenters. The average Bonchev–Trinajstić information content (AvgIpc) is 2.77. The summed E-state index contributed by atoms with van der Waals surface area (Å²) in [6.07, 6.45) is 9.40. The fourth-order valence-electron chi connectivity index (χ4n) is 8.18. The summed E-state index contributed by atoms with van der Waals surface area (Å²) in [7, 11) is 2.03. The number of nitrogens with one attached hydrogen (secondary N) is 1. The van der Waals surface area contributed by atoms with Crippen molar-refractivity contribution in [3.8, 4) is 0 Å². The van der Waals surface area contributed by atoms with Gasteiger partial charge in [-0.05, 0) is 99.1 Å². The minimum Gasteiger partial charge on any atom is -0.342 e. The maximum atomic E-state index is 13.9. The SMILES string of the molecule is CN(C(=O)C1CC2C[C@]3(c4ccccc4)CCC1[C@](CCF)(C2)C3)C1CCNCC1. The fraction of sp³-hybridized carbons (Fsp3) is 0.731. The Bertz CT molecular complexity index is 764. The van der Waals surface area contributed by atoms with E-state index >= 15 is 0 Å². The van der Waals surface area contributed by atoms with E-state index in [9.17, 15) is 9.18 Å². The second kappa shape index (κ2) is 7.93. The molecule has 3 aliphatic carbocycles. The Morgan fingerprint density at radius 2 is 1.93 bits per heavy atom. The van der Waals surface area contributed by atoms with Crippen molar-refractivity contribution in [3.05, 3.63) is 35.9 Å². The molecule has 0 aromatic heterocycles. The second-order valence-corrected chi connectivity index (χ2v) is 10.8. The van der Waals surface area contributed by atoms with Crippen molar-refractivity contribution in [2.24, 2.45) is 23.2 Å². The zero-order valence-electron chi connectivity index (χ0n) is 18.4. The molecular weight excluding hydrogens is 375 g/mol. The normalized spacial score (nSPS) is 38.4. The van der Waals surface area contributed by atoms with E-state index in [2.05, 4.69) is 40.5 Å². The molecule has 1 aliphatic heterocycles. The molecule has 3 unspecified atom stereocenters. The monoisotopic (exact) mass is 412 g/mol. The molecule has 1 amide bonds. The molecule has 3 nitrogen and oxygen atoms in total. The molecule has 4 heteroatoms. The van der Waals surface area contributed by atoms with E-state index in [0.29, 0.717) is 30.2 Å². The van der Waals surface area contributed by atoms with Crippen molar-refractivity contribution < 1.29 is 9.18 Å². The molecule has 1 aromatic carbocycles. The van der Waals surface area contributed by atoms with Crippen LogP contribution < -0.4 is 5.32 Å². The topological polar surface area (TPSA) is 32.3 Å². The predicted octanol–water partition coefficient (Wildman–Crippen LogP) is 4.71. The van der Waals surface area contributed by atoms with E-state index < -0.39 is 0 Å². The van der Waals surface area contributed by atoms with E-state index in [4.69, 9.17) is 0 Å². The molecule has 4 aliphatic rings. The highest BCUT2D eigenvalue weighted by Crippen LogP contribution is 2.67. The Labute approximate surface area is 180 Å². The summed E-state index contributed by atoms with van der Waals surface area (Å²) in [6, 6.07) is 11.4. The third-order valence-corrected chi connectivity index (χ3v) is 9.36. The number of carbonyl (C=O) groups is 1. The highest BCUT2D eigenvalue weighted by molar-refractivity contribution is 5.79. The Hall–Kier alpha value is -1.42. The van der Waals surface area contributed by atoms with Gasteiger partial charge in [0.05, 0.1) is 6.67 Å². The molecule has 164 valence electrons. The van der Waals surface area contributed by atoms with E-state index in [1.807, 2.05) is 7.05 Å². The lowest BCUT2D eigenvalue weighted by atomic mass is 9.41. The standard InChI is InChI=1S/C26H37FN2O/c1-29(21-8-13-28-14-9-21)24(30)22-15-19-16-25(20-5-3-2-4-6-20)10-7-23(22)26(17-19,18-25)11-12-27/h2-6,19,21-23,28H,7-18H2,1H3/t19?,22?,23?,25-,26-/m1/s1. The van der Waals surface area contributed by atoms with Crippen molar-refractivity contribution in [2.45, 2.75) is 69.2 Å². The zero-order chi connectivity index (χ0) is 20.8. The first-order chi connectivity index (χ1) is 14.6. The Morgan fingerprint density at radius 3 is 2.67 bits per heavy atom. The number of carbonyl (C=O) groups excluding carboxylic acids is 1. The predicted molar refractivity (Wildman–Crippen MR) is 118 cm³/mol. The number of fused-ring (bicyclic) bond motifs is 2. The quantitative estimate of drug-likeness (QED) is 0.760. The molecule has 1 saturated heterocycles. The summed E-state index contributed by atoms with van der Waals surface area (Å²) < 4.78 is 13.9. The number of halogens is 1. The van der Waals surface area contributed by atoms with Crippen molar-refractivity contribution >= 4 is 5.91 Å². The molecule has 4 fully saturated rings. The Kier molecular flexibility index (Phi) is 5.41. The molecular formula is C26H37FN2O. The van der Waals surface area contributed by atoms with Gasteiger partial charge in [0.15, 0.2) is 0 Å². The smallest absolute Gasteiger partial charge is 0.225 e. The van der Waals surface area contributed by atoms with Crippen LogP contribution in [-0.2, 0) is 10.2 Å². The van der Waals surface area contributed by atoms with Crippen molar-refractivity contribution in [1.29, 1.82) is 0 Å². The van der Waals surface area contributed by atoms with Crippen molar-refractivity contribution in [1.82, 2.24) is 10.2 Å². The van der Waals surface area contributed by atoms with E-state index in [0.717, 1.165) is 58.0 Å². The van der Waals surface area contributed by atoms with Crippen LogP contribution in [0.25, 0.3) is 0 Å². The fourth-order valence-corrected chi connectivity index (χ4v) is 8.18. The first-order valence-electron chi connectivity index (χ1n) is 12.2. The zero-order valence-corrected chi connectivity index (χ0v) is 18.4. The van der Waals surface area contributed by atoms with Gasteiger partial charge in [0, 0.05) is 19.0 Å². The molecule has 1 heterocycles. The minimum atomic E-state index is -0.251. The summed E-state index contributed by atoms with van der Waals surface area (Å²) in [5.74, 6) is 1.37. The van der Waals surface area contributed by atoms with Gasteiger partial charge in [-0.2, -0.15) is 0 Å². The van der Waals surface area contributed by atoms with Gasteiger partial charge in [-0.3, -0.25) is 9.18 Å². The first-order valence-corrected chi connectivity index (χ1v) is 12.2. The minimum absolute atomic E-state index is 0.0132. The third kappa shape index (κ3) is 3.30. The molecule has 0 radical (unpaired) electrons. The second-order valence-electron chi connectivity index (χ2n) is 10.8.